The van der Waals surface area contributed by atoms with Crippen molar-refractivity contribution in [2.75, 3.05) is 65.9 Å². The highest BCUT2D eigenvalue weighted by molar-refractivity contribution is 5.72. The molecule has 0 heterocycles. The second-order valence-electron chi connectivity index (χ2n) is 5.75. The Hall–Kier alpha value is -0.730. The van der Waals surface area contributed by atoms with Crippen LogP contribution in [-0.2, 0) is 23.7 Å². The van der Waals surface area contributed by atoms with Gasteiger partial charge in [-0.1, -0.05) is 13.8 Å². The van der Waals surface area contributed by atoms with Gasteiger partial charge in [0, 0.05) is 32.7 Å². The Morgan fingerprint density at radius 2 is 1.17 bits per heavy atom. The average molecular weight is 348 g/mol. The third-order valence-corrected chi connectivity index (χ3v) is 2.97. The molecule has 7 heteroatoms. The van der Waals surface area contributed by atoms with Crippen LogP contribution in [0.15, 0.2) is 0 Å². The fourth-order valence-electron chi connectivity index (χ4n) is 1.77. The van der Waals surface area contributed by atoms with Crippen LogP contribution in [0.1, 0.15) is 33.6 Å². The number of ether oxygens (including phenoxy) is 4. The van der Waals surface area contributed by atoms with E-state index in [2.05, 4.69) is 24.5 Å². The summed E-state index contributed by atoms with van der Waals surface area (Å²) in [4.78, 5) is 10.6. The normalized spacial score (nSPS) is 11.2. The Balaban J connectivity index is 2.99. The van der Waals surface area contributed by atoms with Gasteiger partial charge in [0.05, 0.1) is 39.6 Å². The summed E-state index contributed by atoms with van der Waals surface area (Å²) in [6.07, 6.45) is 1.84. The zero-order chi connectivity index (χ0) is 17.9. The van der Waals surface area contributed by atoms with Crippen LogP contribution in [0, 0.1) is 0 Å². The number of rotatable bonds is 18. The Bertz CT molecular complexity index is 278. The summed E-state index contributed by atoms with van der Waals surface area (Å²) in [7, 11) is 0. The molecule has 0 saturated heterocycles. The molecule has 24 heavy (non-hydrogen) atoms. The van der Waals surface area contributed by atoms with E-state index < -0.39 is 0 Å². The van der Waals surface area contributed by atoms with E-state index in [4.69, 9.17) is 18.9 Å². The van der Waals surface area contributed by atoms with Gasteiger partial charge < -0.3 is 29.6 Å². The molecular weight excluding hydrogens is 312 g/mol. The summed E-state index contributed by atoms with van der Waals surface area (Å²) in [5.41, 5.74) is 0. The van der Waals surface area contributed by atoms with Gasteiger partial charge >= 0.3 is 0 Å². The van der Waals surface area contributed by atoms with Gasteiger partial charge in [-0.2, -0.15) is 0 Å². The van der Waals surface area contributed by atoms with Gasteiger partial charge in [-0.05, 0) is 19.4 Å². The molecule has 0 aromatic heterocycles. The van der Waals surface area contributed by atoms with Crippen molar-refractivity contribution in [1.29, 1.82) is 0 Å². The van der Waals surface area contributed by atoms with Crippen LogP contribution < -0.4 is 10.6 Å². The first-order chi connectivity index (χ1) is 11.6. The van der Waals surface area contributed by atoms with E-state index >= 15 is 0 Å². The molecule has 0 saturated carbocycles. The van der Waals surface area contributed by atoms with E-state index in [0.29, 0.717) is 58.8 Å². The van der Waals surface area contributed by atoms with Crippen molar-refractivity contribution in [1.82, 2.24) is 10.6 Å². The van der Waals surface area contributed by atoms with Crippen molar-refractivity contribution in [3.63, 3.8) is 0 Å². The molecule has 1 amide bonds. The predicted octanol–water partition coefficient (Wildman–Crippen LogP) is 0.967. The summed E-state index contributed by atoms with van der Waals surface area (Å²) in [6.45, 7) is 12.3. The van der Waals surface area contributed by atoms with Gasteiger partial charge in [0.1, 0.15) is 0 Å². The van der Waals surface area contributed by atoms with Crippen molar-refractivity contribution >= 4 is 5.91 Å². The number of carbonyl (C=O) groups is 1. The fraction of sp³-hybridized carbons (Fsp3) is 0.941. The molecule has 0 aliphatic heterocycles. The zero-order valence-corrected chi connectivity index (χ0v) is 15.6. The Labute approximate surface area is 146 Å². The molecule has 0 unspecified atom stereocenters. The molecule has 144 valence electrons. The zero-order valence-electron chi connectivity index (χ0n) is 15.6. The topological polar surface area (TPSA) is 78.1 Å². The molecule has 0 aromatic carbocycles. The maximum Gasteiger partial charge on any atom is 0.216 e. The molecule has 0 fully saturated rings. The Morgan fingerprint density at radius 3 is 1.58 bits per heavy atom. The lowest BCUT2D eigenvalue weighted by atomic mass is 10.3. The van der Waals surface area contributed by atoms with Crippen LogP contribution in [0.5, 0.6) is 0 Å². The summed E-state index contributed by atoms with van der Waals surface area (Å²) >= 11 is 0. The van der Waals surface area contributed by atoms with Crippen LogP contribution in [0.3, 0.4) is 0 Å². The number of carbonyl (C=O) groups excluding carboxylic acids is 1. The van der Waals surface area contributed by atoms with Crippen molar-refractivity contribution in [2.24, 2.45) is 0 Å². The van der Waals surface area contributed by atoms with Crippen LogP contribution in [0.2, 0.25) is 0 Å². The number of hydrogen-bond donors (Lipinski definition) is 2. The van der Waals surface area contributed by atoms with E-state index in [9.17, 15) is 4.79 Å². The molecule has 0 bridgehead atoms. The van der Waals surface area contributed by atoms with Gasteiger partial charge in [-0.3, -0.25) is 4.79 Å². The quantitative estimate of drug-likeness (QED) is 0.359. The molecule has 0 radical (unpaired) electrons. The highest BCUT2D eigenvalue weighted by Crippen LogP contribution is 1.86. The van der Waals surface area contributed by atoms with Gasteiger partial charge in [0.15, 0.2) is 0 Å². The first kappa shape index (κ1) is 23.3. The van der Waals surface area contributed by atoms with Crippen molar-refractivity contribution in [3.05, 3.63) is 0 Å². The summed E-state index contributed by atoms with van der Waals surface area (Å²) in [5.74, 6) is -0.00753. The van der Waals surface area contributed by atoms with Gasteiger partial charge in [0.25, 0.3) is 0 Å². The lowest BCUT2D eigenvalue weighted by Gasteiger charge is -2.09. The second kappa shape index (κ2) is 18.6. The van der Waals surface area contributed by atoms with Gasteiger partial charge in [0.2, 0.25) is 5.91 Å². The fourth-order valence-corrected chi connectivity index (χ4v) is 1.77. The molecule has 7 nitrogen and oxygen atoms in total. The number of nitrogens with one attached hydrogen (secondary N) is 2. The van der Waals surface area contributed by atoms with Crippen molar-refractivity contribution < 1.29 is 23.7 Å². The van der Waals surface area contributed by atoms with Gasteiger partial charge in [-0.15, -0.1) is 0 Å². The largest absolute Gasteiger partial charge is 0.379 e. The lowest BCUT2D eigenvalue weighted by molar-refractivity contribution is -0.119. The number of hydrogen-bond acceptors (Lipinski definition) is 6. The van der Waals surface area contributed by atoms with Crippen LogP contribution >= 0.6 is 0 Å². The minimum absolute atomic E-state index is 0.00753. The minimum atomic E-state index is -0.00753. The standard InChI is InChI=1S/C17H36N2O5/c1-16(2)18-6-4-8-21-10-12-23-14-15-24-13-11-22-9-5-7-19-17(3)20/h16,18H,4-15H2,1-3H3,(H,19,20). The van der Waals surface area contributed by atoms with E-state index in [0.717, 1.165) is 26.0 Å². The van der Waals surface area contributed by atoms with Crippen molar-refractivity contribution in [3.8, 4) is 0 Å². The van der Waals surface area contributed by atoms with E-state index in [-0.39, 0.29) is 5.91 Å². The Kier molecular flexibility index (Phi) is 18.0. The van der Waals surface area contributed by atoms with E-state index in [1.54, 1.807) is 0 Å². The highest BCUT2D eigenvalue weighted by atomic mass is 16.6. The lowest BCUT2D eigenvalue weighted by Crippen LogP contribution is -2.24. The SMILES string of the molecule is CC(=O)NCCCOCCOCCOCCOCCCNC(C)C. The third kappa shape index (κ3) is 21.3. The molecule has 2 N–H and O–H groups in total. The van der Waals surface area contributed by atoms with Crippen LogP contribution in [0.4, 0.5) is 0 Å². The molecular formula is C17H36N2O5. The molecule has 0 spiro atoms. The maximum absolute atomic E-state index is 10.6. The Morgan fingerprint density at radius 1 is 0.750 bits per heavy atom. The highest BCUT2D eigenvalue weighted by Gasteiger charge is 1.95. The molecule has 0 aliphatic rings. The summed E-state index contributed by atoms with van der Waals surface area (Å²) < 4.78 is 21.7. The molecule has 0 rings (SSSR count). The maximum atomic E-state index is 10.6. The number of amides is 1. The molecule has 0 atom stereocenters. The predicted molar refractivity (Wildman–Crippen MR) is 94.3 cm³/mol. The monoisotopic (exact) mass is 348 g/mol. The van der Waals surface area contributed by atoms with Gasteiger partial charge in [-0.25, -0.2) is 0 Å². The third-order valence-electron chi connectivity index (χ3n) is 2.97. The van der Waals surface area contributed by atoms with E-state index in [1.165, 1.54) is 6.92 Å². The van der Waals surface area contributed by atoms with E-state index in [1.807, 2.05) is 0 Å². The summed E-state index contributed by atoms with van der Waals surface area (Å²) in [5, 5.41) is 6.06. The average Bonchev–Trinajstić information content (AvgIpc) is 2.53. The van der Waals surface area contributed by atoms with Crippen molar-refractivity contribution in [2.45, 2.75) is 39.7 Å². The smallest absolute Gasteiger partial charge is 0.216 e. The molecule has 0 aliphatic carbocycles. The first-order valence-corrected chi connectivity index (χ1v) is 8.91. The summed E-state index contributed by atoms with van der Waals surface area (Å²) in [6, 6.07) is 0.530. The second-order valence-corrected chi connectivity index (χ2v) is 5.75. The van der Waals surface area contributed by atoms with Crippen LogP contribution in [0.25, 0.3) is 0 Å². The minimum Gasteiger partial charge on any atom is -0.379 e. The first-order valence-electron chi connectivity index (χ1n) is 8.91. The molecule has 0 aromatic rings. The van der Waals surface area contributed by atoms with Crippen LogP contribution in [-0.4, -0.2) is 77.9 Å².